The summed E-state index contributed by atoms with van der Waals surface area (Å²) in [5, 5.41) is 1.68. The van der Waals surface area contributed by atoms with E-state index >= 15 is 0 Å². The standard InChI is InChI=1S/C12H12F3N3OS/c1-7(10(19)16-6-12(13,14)15)20-11-17-8-4-2-3-5-9(8)18-11/h2-5,7H,6H2,1H3,(H,16,19)(H,17,18). The topological polar surface area (TPSA) is 57.8 Å². The predicted molar refractivity (Wildman–Crippen MR) is 70.5 cm³/mol. The number of aromatic amines is 1. The number of hydrogen-bond acceptors (Lipinski definition) is 3. The van der Waals surface area contributed by atoms with Gasteiger partial charge in [0.15, 0.2) is 5.16 Å². The van der Waals surface area contributed by atoms with E-state index in [1.807, 2.05) is 29.6 Å². The molecule has 8 heteroatoms. The van der Waals surface area contributed by atoms with E-state index in [-0.39, 0.29) is 0 Å². The molecule has 4 nitrogen and oxygen atoms in total. The molecule has 0 radical (unpaired) electrons. The highest BCUT2D eigenvalue weighted by Gasteiger charge is 2.29. The molecule has 0 bridgehead atoms. The summed E-state index contributed by atoms with van der Waals surface area (Å²) in [5.41, 5.74) is 1.57. The molecule has 1 amide bonds. The van der Waals surface area contributed by atoms with Gasteiger partial charge in [-0.25, -0.2) is 4.98 Å². The Morgan fingerprint density at radius 3 is 2.80 bits per heavy atom. The lowest BCUT2D eigenvalue weighted by Gasteiger charge is -2.12. The van der Waals surface area contributed by atoms with Crippen LogP contribution < -0.4 is 5.32 Å². The first kappa shape index (κ1) is 14.7. The van der Waals surface area contributed by atoms with Crippen molar-refractivity contribution in [3.05, 3.63) is 24.3 Å². The predicted octanol–water partition coefficient (Wildman–Crippen LogP) is 2.72. The number of rotatable bonds is 4. The number of H-pyrrole nitrogens is 1. The van der Waals surface area contributed by atoms with Crippen LogP contribution in [0.4, 0.5) is 13.2 Å². The van der Waals surface area contributed by atoms with Crippen molar-refractivity contribution in [2.24, 2.45) is 0 Å². The van der Waals surface area contributed by atoms with Crippen LogP contribution >= 0.6 is 11.8 Å². The maximum atomic E-state index is 12.0. The minimum atomic E-state index is -4.40. The lowest BCUT2D eigenvalue weighted by Crippen LogP contribution is -2.38. The number of hydrogen-bond donors (Lipinski definition) is 2. The van der Waals surface area contributed by atoms with Crippen LogP contribution in [0.15, 0.2) is 29.4 Å². The number of fused-ring (bicyclic) bond motifs is 1. The van der Waals surface area contributed by atoms with Crippen molar-refractivity contribution in [3.63, 3.8) is 0 Å². The molecule has 1 atom stereocenters. The Balaban J connectivity index is 1.96. The molecule has 1 aromatic heterocycles. The first-order valence-corrected chi connectivity index (χ1v) is 6.69. The number of carbonyl (C=O) groups is 1. The molecular weight excluding hydrogens is 291 g/mol. The van der Waals surface area contributed by atoms with E-state index in [0.717, 1.165) is 22.8 Å². The monoisotopic (exact) mass is 303 g/mol. The van der Waals surface area contributed by atoms with Gasteiger partial charge < -0.3 is 10.3 Å². The molecule has 0 aliphatic carbocycles. The van der Waals surface area contributed by atoms with Crippen LogP contribution in [-0.2, 0) is 4.79 Å². The molecule has 1 unspecified atom stereocenters. The lowest BCUT2D eigenvalue weighted by molar-refractivity contribution is -0.137. The third-order valence-corrected chi connectivity index (χ3v) is 3.47. The number of imidazole rings is 1. The summed E-state index contributed by atoms with van der Waals surface area (Å²) in [7, 11) is 0. The van der Waals surface area contributed by atoms with Crippen LogP contribution in [0.5, 0.6) is 0 Å². The summed E-state index contributed by atoms with van der Waals surface area (Å²) in [6.07, 6.45) is -4.40. The zero-order chi connectivity index (χ0) is 14.8. The number of aromatic nitrogens is 2. The average Bonchev–Trinajstić information content (AvgIpc) is 2.76. The molecule has 20 heavy (non-hydrogen) atoms. The van der Waals surface area contributed by atoms with Gasteiger partial charge in [-0.15, -0.1) is 0 Å². The third kappa shape index (κ3) is 3.89. The van der Waals surface area contributed by atoms with Crippen molar-refractivity contribution < 1.29 is 18.0 Å². The molecule has 0 aliphatic heterocycles. The van der Waals surface area contributed by atoms with Gasteiger partial charge in [-0.3, -0.25) is 4.79 Å². The Kier molecular flexibility index (Phi) is 4.22. The molecule has 2 N–H and O–H groups in total. The molecule has 0 fully saturated rings. The summed E-state index contributed by atoms with van der Waals surface area (Å²) in [6, 6.07) is 7.32. The van der Waals surface area contributed by atoms with Gasteiger partial charge in [0.1, 0.15) is 6.54 Å². The van der Waals surface area contributed by atoms with E-state index in [1.165, 1.54) is 6.92 Å². The number of halogens is 3. The highest BCUT2D eigenvalue weighted by atomic mass is 32.2. The summed E-state index contributed by atoms with van der Waals surface area (Å²) in [5.74, 6) is -0.673. The lowest BCUT2D eigenvalue weighted by atomic mass is 10.3. The van der Waals surface area contributed by atoms with Crippen LogP contribution in [0.25, 0.3) is 11.0 Å². The second kappa shape index (κ2) is 5.74. The summed E-state index contributed by atoms with van der Waals surface area (Å²) >= 11 is 1.08. The molecule has 0 aliphatic rings. The number of alkyl halides is 3. The second-order valence-electron chi connectivity index (χ2n) is 4.15. The van der Waals surface area contributed by atoms with Crippen LogP contribution in [0.2, 0.25) is 0 Å². The van der Waals surface area contributed by atoms with E-state index < -0.39 is 23.9 Å². The molecule has 1 aromatic carbocycles. The van der Waals surface area contributed by atoms with Crippen molar-refractivity contribution in [2.45, 2.75) is 23.5 Å². The summed E-state index contributed by atoms with van der Waals surface area (Å²) in [4.78, 5) is 18.8. The second-order valence-corrected chi connectivity index (χ2v) is 5.48. The molecule has 0 spiro atoms. The van der Waals surface area contributed by atoms with Gasteiger partial charge in [0.25, 0.3) is 0 Å². The molecule has 2 rings (SSSR count). The van der Waals surface area contributed by atoms with E-state index in [4.69, 9.17) is 0 Å². The minimum absolute atomic E-state index is 0.501. The number of carbonyl (C=O) groups excluding carboxylic acids is 1. The number of para-hydroxylation sites is 2. The number of benzene rings is 1. The fraction of sp³-hybridized carbons (Fsp3) is 0.333. The van der Waals surface area contributed by atoms with Gasteiger partial charge >= 0.3 is 6.18 Å². The maximum Gasteiger partial charge on any atom is 0.405 e. The van der Waals surface area contributed by atoms with Crippen molar-refractivity contribution >= 4 is 28.7 Å². The Labute approximate surface area is 117 Å². The van der Waals surface area contributed by atoms with Crippen LogP contribution in [0, 0.1) is 0 Å². The third-order valence-electron chi connectivity index (χ3n) is 2.49. The highest BCUT2D eigenvalue weighted by Crippen LogP contribution is 2.23. The number of nitrogens with zero attached hydrogens (tertiary/aromatic N) is 1. The average molecular weight is 303 g/mol. The fourth-order valence-corrected chi connectivity index (χ4v) is 2.38. The van der Waals surface area contributed by atoms with Crippen LogP contribution in [0.1, 0.15) is 6.92 Å². The first-order chi connectivity index (χ1) is 9.35. The summed E-state index contributed by atoms with van der Waals surface area (Å²) in [6.45, 7) is 0.209. The molecule has 0 saturated carbocycles. The highest BCUT2D eigenvalue weighted by molar-refractivity contribution is 8.00. The fourth-order valence-electron chi connectivity index (χ4n) is 1.54. The molecule has 1 heterocycles. The van der Waals surface area contributed by atoms with E-state index in [9.17, 15) is 18.0 Å². The number of thioether (sulfide) groups is 1. The largest absolute Gasteiger partial charge is 0.405 e. The van der Waals surface area contributed by atoms with Gasteiger partial charge in [-0.1, -0.05) is 23.9 Å². The molecule has 0 saturated heterocycles. The Hall–Kier alpha value is -1.70. The van der Waals surface area contributed by atoms with Crippen molar-refractivity contribution in [2.75, 3.05) is 6.54 Å². The molecule has 2 aromatic rings. The van der Waals surface area contributed by atoms with Gasteiger partial charge in [0, 0.05) is 0 Å². The van der Waals surface area contributed by atoms with Crippen molar-refractivity contribution in [3.8, 4) is 0 Å². The van der Waals surface area contributed by atoms with Gasteiger partial charge in [0.05, 0.1) is 16.3 Å². The van der Waals surface area contributed by atoms with Crippen LogP contribution in [0.3, 0.4) is 0 Å². The van der Waals surface area contributed by atoms with E-state index in [1.54, 1.807) is 0 Å². The molecule has 108 valence electrons. The Bertz CT molecular complexity index is 578. The normalized spacial score (nSPS) is 13.4. The minimum Gasteiger partial charge on any atom is -0.346 e. The number of nitrogens with one attached hydrogen (secondary N) is 2. The SMILES string of the molecule is CC(Sc1nc2ccccc2[nH]1)C(=O)NCC(F)(F)F. The molecular formula is C12H12F3N3OS. The van der Waals surface area contributed by atoms with Gasteiger partial charge in [-0.05, 0) is 19.1 Å². The van der Waals surface area contributed by atoms with E-state index in [2.05, 4.69) is 9.97 Å². The van der Waals surface area contributed by atoms with Crippen molar-refractivity contribution in [1.82, 2.24) is 15.3 Å². The Morgan fingerprint density at radius 1 is 1.45 bits per heavy atom. The first-order valence-electron chi connectivity index (χ1n) is 5.81. The van der Waals surface area contributed by atoms with E-state index in [0.29, 0.717) is 5.16 Å². The van der Waals surface area contributed by atoms with Gasteiger partial charge in [0.2, 0.25) is 5.91 Å². The maximum absolute atomic E-state index is 12.0. The van der Waals surface area contributed by atoms with Crippen LogP contribution in [-0.4, -0.2) is 33.8 Å². The van der Waals surface area contributed by atoms with Gasteiger partial charge in [-0.2, -0.15) is 13.2 Å². The Morgan fingerprint density at radius 2 is 2.15 bits per heavy atom. The summed E-state index contributed by atoms with van der Waals surface area (Å²) < 4.78 is 36.0. The van der Waals surface area contributed by atoms with Crippen molar-refractivity contribution in [1.29, 1.82) is 0 Å². The zero-order valence-electron chi connectivity index (χ0n) is 10.5. The zero-order valence-corrected chi connectivity index (χ0v) is 11.3. The smallest absolute Gasteiger partial charge is 0.346 e. The number of amides is 1. The quantitative estimate of drug-likeness (QED) is 0.854.